The Hall–Kier alpha value is -3.50. The molecule has 0 saturated carbocycles. The molecule has 0 unspecified atom stereocenters. The van der Waals surface area contributed by atoms with Crippen LogP contribution in [0, 0.1) is 23.7 Å². The van der Waals surface area contributed by atoms with Gasteiger partial charge in [-0.25, -0.2) is 0 Å². The molecule has 0 fully saturated rings. The SMILES string of the molecule is C#CCOc1ccc(/C=C(\C#N)C(=O)Nc2ccc(CC)cc2)cc1. The van der Waals surface area contributed by atoms with Crippen LogP contribution in [0.1, 0.15) is 18.1 Å². The van der Waals surface area contributed by atoms with Crippen molar-refractivity contribution in [3.05, 3.63) is 65.2 Å². The molecule has 2 aromatic carbocycles. The first-order valence-electron chi connectivity index (χ1n) is 7.84. The third-order valence-corrected chi connectivity index (χ3v) is 3.50. The summed E-state index contributed by atoms with van der Waals surface area (Å²) in [5.41, 5.74) is 2.58. The van der Waals surface area contributed by atoms with Crippen molar-refractivity contribution < 1.29 is 9.53 Å². The number of nitrogens with zero attached hydrogens (tertiary/aromatic N) is 1. The molecule has 4 heteroatoms. The second-order valence-corrected chi connectivity index (χ2v) is 5.24. The van der Waals surface area contributed by atoms with Crippen molar-refractivity contribution in [2.75, 3.05) is 11.9 Å². The van der Waals surface area contributed by atoms with E-state index in [4.69, 9.17) is 11.2 Å². The maximum Gasteiger partial charge on any atom is 0.266 e. The highest BCUT2D eigenvalue weighted by atomic mass is 16.5. The van der Waals surface area contributed by atoms with Gasteiger partial charge in [-0.2, -0.15) is 5.26 Å². The second-order valence-electron chi connectivity index (χ2n) is 5.24. The largest absolute Gasteiger partial charge is 0.481 e. The van der Waals surface area contributed by atoms with E-state index in [0.29, 0.717) is 11.4 Å². The number of hydrogen-bond acceptors (Lipinski definition) is 3. The van der Waals surface area contributed by atoms with Gasteiger partial charge < -0.3 is 10.1 Å². The number of terminal acetylenes is 1. The summed E-state index contributed by atoms with van der Waals surface area (Å²) in [6, 6.07) is 16.5. The molecule has 4 nitrogen and oxygen atoms in total. The average molecular weight is 330 g/mol. The van der Waals surface area contributed by atoms with Crippen molar-refractivity contribution in [3.8, 4) is 24.2 Å². The summed E-state index contributed by atoms with van der Waals surface area (Å²) in [5.74, 6) is 2.58. The van der Waals surface area contributed by atoms with E-state index in [1.165, 1.54) is 11.6 Å². The third kappa shape index (κ3) is 5.27. The molecule has 0 aliphatic carbocycles. The van der Waals surface area contributed by atoms with Crippen molar-refractivity contribution in [1.29, 1.82) is 5.26 Å². The molecule has 0 aromatic heterocycles. The first-order chi connectivity index (χ1) is 12.2. The number of amides is 1. The molecule has 0 spiro atoms. The quantitative estimate of drug-likeness (QED) is 0.498. The summed E-state index contributed by atoms with van der Waals surface area (Å²) >= 11 is 0. The Morgan fingerprint density at radius 2 is 1.88 bits per heavy atom. The monoisotopic (exact) mass is 330 g/mol. The van der Waals surface area contributed by atoms with Crippen LogP contribution in [-0.2, 0) is 11.2 Å². The predicted octanol–water partition coefficient (Wildman–Crippen LogP) is 3.81. The molecule has 1 N–H and O–H groups in total. The van der Waals surface area contributed by atoms with Gasteiger partial charge >= 0.3 is 0 Å². The molecule has 124 valence electrons. The number of nitrogens with one attached hydrogen (secondary N) is 1. The van der Waals surface area contributed by atoms with Crippen molar-refractivity contribution in [2.24, 2.45) is 0 Å². The number of carbonyl (C=O) groups is 1. The highest BCUT2D eigenvalue weighted by molar-refractivity contribution is 6.09. The molecule has 1 amide bonds. The van der Waals surface area contributed by atoms with Gasteiger partial charge in [0.05, 0.1) is 0 Å². The zero-order chi connectivity index (χ0) is 18.1. The summed E-state index contributed by atoms with van der Waals surface area (Å²) in [6.45, 7) is 2.25. The van der Waals surface area contributed by atoms with Gasteiger partial charge in [-0.05, 0) is 47.9 Å². The maximum atomic E-state index is 12.3. The molecule has 0 aliphatic rings. The fourth-order valence-electron chi connectivity index (χ4n) is 2.12. The van der Waals surface area contributed by atoms with E-state index in [1.54, 1.807) is 24.3 Å². The number of aryl methyl sites for hydroxylation is 1. The van der Waals surface area contributed by atoms with Gasteiger partial charge in [0.15, 0.2) is 0 Å². The predicted molar refractivity (Wildman–Crippen MR) is 98.8 cm³/mol. The van der Waals surface area contributed by atoms with Gasteiger partial charge in [0.25, 0.3) is 5.91 Å². The molecule has 2 rings (SSSR count). The zero-order valence-corrected chi connectivity index (χ0v) is 14.0. The maximum absolute atomic E-state index is 12.3. The van der Waals surface area contributed by atoms with Gasteiger partial charge in [0.2, 0.25) is 0 Å². The summed E-state index contributed by atoms with van der Waals surface area (Å²) in [4.78, 5) is 12.3. The highest BCUT2D eigenvalue weighted by Gasteiger charge is 2.09. The van der Waals surface area contributed by atoms with Gasteiger partial charge in [-0.3, -0.25) is 4.79 Å². The highest BCUT2D eigenvalue weighted by Crippen LogP contribution is 2.16. The van der Waals surface area contributed by atoms with Gasteiger partial charge in [0.1, 0.15) is 24.0 Å². The lowest BCUT2D eigenvalue weighted by atomic mass is 10.1. The van der Waals surface area contributed by atoms with Crippen LogP contribution in [0.4, 0.5) is 5.69 Å². The van der Waals surface area contributed by atoms with Gasteiger partial charge in [-0.1, -0.05) is 37.1 Å². The first-order valence-corrected chi connectivity index (χ1v) is 7.84. The topological polar surface area (TPSA) is 62.1 Å². The van der Waals surface area contributed by atoms with Crippen molar-refractivity contribution in [2.45, 2.75) is 13.3 Å². The van der Waals surface area contributed by atoms with Crippen LogP contribution in [0.5, 0.6) is 5.75 Å². The molecular weight excluding hydrogens is 312 g/mol. The van der Waals surface area contributed by atoms with Crippen molar-refractivity contribution in [3.63, 3.8) is 0 Å². The summed E-state index contributed by atoms with van der Waals surface area (Å²) in [5, 5.41) is 12.0. The van der Waals surface area contributed by atoms with Crippen LogP contribution in [0.2, 0.25) is 0 Å². The Labute approximate surface area is 147 Å². The number of hydrogen-bond donors (Lipinski definition) is 1. The fourth-order valence-corrected chi connectivity index (χ4v) is 2.12. The van der Waals surface area contributed by atoms with E-state index in [1.807, 2.05) is 30.3 Å². The molecule has 0 bridgehead atoms. The average Bonchev–Trinajstić information content (AvgIpc) is 2.65. The minimum absolute atomic E-state index is 0.0249. The Bertz CT molecular complexity index is 835. The third-order valence-electron chi connectivity index (χ3n) is 3.50. The summed E-state index contributed by atoms with van der Waals surface area (Å²) < 4.78 is 5.29. The summed E-state index contributed by atoms with van der Waals surface area (Å²) in [7, 11) is 0. The fraction of sp³-hybridized carbons (Fsp3) is 0.143. The Morgan fingerprint density at radius 1 is 1.20 bits per heavy atom. The van der Waals surface area contributed by atoms with E-state index in [9.17, 15) is 10.1 Å². The van der Waals surface area contributed by atoms with E-state index in [2.05, 4.69) is 18.2 Å². The normalized spacial score (nSPS) is 10.4. The lowest BCUT2D eigenvalue weighted by molar-refractivity contribution is -0.112. The van der Waals surface area contributed by atoms with Crippen molar-refractivity contribution >= 4 is 17.7 Å². The number of anilines is 1. The van der Waals surface area contributed by atoms with Crippen LogP contribution >= 0.6 is 0 Å². The molecule has 0 atom stereocenters. The van der Waals surface area contributed by atoms with Gasteiger partial charge in [-0.15, -0.1) is 6.42 Å². The van der Waals surface area contributed by atoms with E-state index >= 15 is 0 Å². The number of carbonyl (C=O) groups excluding carboxylic acids is 1. The van der Waals surface area contributed by atoms with E-state index in [-0.39, 0.29) is 12.2 Å². The second kappa shape index (κ2) is 8.96. The zero-order valence-electron chi connectivity index (χ0n) is 14.0. The molecule has 0 radical (unpaired) electrons. The molecule has 25 heavy (non-hydrogen) atoms. The van der Waals surface area contributed by atoms with Crippen LogP contribution in [-0.4, -0.2) is 12.5 Å². The van der Waals surface area contributed by atoms with Crippen LogP contribution < -0.4 is 10.1 Å². The lowest BCUT2D eigenvalue weighted by Gasteiger charge is -2.06. The smallest absolute Gasteiger partial charge is 0.266 e. The number of benzene rings is 2. The Morgan fingerprint density at radius 3 is 2.44 bits per heavy atom. The number of rotatable bonds is 6. The molecular formula is C21H18N2O2. The Balaban J connectivity index is 2.09. The van der Waals surface area contributed by atoms with Gasteiger partial charge in [0, 0.05) is 5.69 Å². The standard InChI is InChI=1S/C21H18N2O2/c1-3-13-25-20-11-7-17(8-12-20)14-18(15-22)21(24)23-19-9-5-16(4-2)6-10-19/h1,5-12,14H,4,13H2,2H3,(H,23,24)/b18-14+. The number of nitriles is 1. The lowest BCUT2D eigenvalue weighted by Crippen LogP contribution is -2.13. The molecule has 0 aliphatic heterocycles. The summed E-state index contributed by atoms with van der Waals surface area (Å²) in [6.07, 6.45) is 7.60. The van der Waals surface area contributed by atoms with Crippen LogP contribution in [0.3, 0.4) is 0 Å². The van der Waals surface area contributed by atoms with Crippen LogP contribution in [0.25, 0.3) is 6.08 Å². The molecule has 0 saturated heterocycles. The van der Waals surface area contributed by atoms with E-state index in [0.717, 1.165) is 12.0 Å². The van der Waals surface area contributed by atoms with E-state index < -0.39 is 5.91 Å². The number of ether oxygens (including phenoxy) is 1. The van der Waals surface area contributed by atoms with Crippen molar-refractivity contribution in [1.82, 2.24) is 0 Å². The Kier molecular flexibility index (Phi) is 6.39. The minimum atomic E-state index is -0.445. The van der Waals surface area contributed by atoms with Crippen LogP contribution in [0.15, 0.2) is 54.1 Å². The molecule has 2 aromatic rings. The minimum Gasteiger partial charge on any atom is -0.481 e. The molecule has 0 heterocycles. The first kappa shape index (κ1) is 17.8.